The molecular weight excluding hydrogens is 232 g/mol. The van der Waals surface area contributed by atoms with E-state index in [1.54, 1.807) is 12.4 Å². The zero-order valence-corrected chi connectivity index (χ0v) is 10.0. The topological polar surface area (TPSA) is 95.7 Å². The maximum atomic E-state index is 5.73. The molecule has 3 heterocycles. The fourth-order valence-electron chi connectivity index (χ4n) is 1.99. The summed E-state index contributed by atoms with van der Waals surface area (Å²) in [6, 6.07) is 2.12. The van der Waals surface area contributed by atoms with Gasteiger partial charge in [-0.3, -0.25) is 4.98 Å². The van der Waals surface area contributed by atoms with E-state index in [0.29, 0.717) is 11.5 Å². The van der Waals surface area contributed by atoms with Crippen LogP contribution in [0.1, 0.15) is 19.9 Å². The first-order valence-corrected chi connectivity index (χ1v) is 5.59. The van der Waals surface area contributed by atoms with E-state index in [1.165, 1.54) is 0 Å². The van der Waals surface area contributed by atoms with Crippen molar-refractivity contribution < 1.29 is 4.63 Å². The van der Waals surface area contributed by atoms with Gasteiger partial charge in [-0.1, -0.05) is 0 Å². The minimum absolute atomic E-state index is 0.212. The van der Waals surface area contributed by atoms with Gasteiger partial charge in [0.25, 0.3) is 0 Å². The lowest BCUT2D eigenvalue weighted by molar-refractivity contribution is 0.310. The predicted molar refractivity (Wildman–Crippen MR) is 65.6 cm³/mol. The molecule has 92 valence electrons. The number of fused-ring (bicyclic) bond motifs is 1. The Morgan fingerprint density at radius 2 is 2.17 bits per heavy atom. The monoisotopic (exact) mass is 244 g/mol. The van der Waals surface area contributed by atoms with Crippen LogP contribution in [0.2, 0.25) is 0 Å². The Kier molecular flexibility index (Phi) is 2.26. The molecule has 0 aliphatic carbocycles. The Morgan fingerprint density at radius 1 is 1.33 bits per heavy atom. The van der Waals surface area contributed by atoms with Crippen molar-refractivity contribution in [2.24, 2.45) is 0 Å². The van der Waals surface area contributed by atoms with Gasteiger partial charge in [-0.25, -0.2) is 9.61 Å². The second-order valence-electron chi connectivity index (χ2n) is 4.26. The lowest BCUT2D eigenvalue weighted by Crippen LogP contribution is -2.04. The highest BCUT2D eigenvalue weighted by Crippen LogP contribution is 2.28. The zero-order chi connectivity index (χ0) is 12.7. The van der Waals surface area contributed by atoms with Gasteiger partial charge in [0, 0.05) is 12.2 Å². The third-order valence-electron chi connectivity index (χ3n) is 2.73. The van der Waals surface area contributed by atoms with E-state index >= 15 is 0 Å². The Labute approximate surface area is 103 Å². The van der Waals surface area contributed by atoms with Crippen LogP contribution in [0, 0.1) is 0 Å². The molecule has 0 aliphatic rings. The van der Waals surface area contributed by atoms with Crippen LogP contribution in [-0.2, 0) is 0 Å². The van der Waals surface area contributed by atoms with Gasteiger partial charge in [-0.15, -0.1) is 0 Å². The molecule has 7 heteroatoms. The Morgan fingerprint density at radius 3 is 2.83 bits per heavy atom. The highest BCUT2D eigenvalue weighted by atomic mass is 16.6. The number of nitrogen functional groups attached to an aromatic ring is 1. The second kappa shape index (κ2) is 3.80. The van der Waals surface area contributed by atoms with Crippen LogP contribution in [0.25, 0.3) is 22.6 Å². The quantitative estimate of drug-likeness (QED) is 0.736. The molecule has 2 N–H and O–H groups in total. The molecular formula is C11H12N6O. The van der Waals surface area contributed by atoms with Crippen molar-refractivity contribution in [1.29, 1.82) is 0 Å². The molecule has 18 heavy (non-hydrogen) atoms. The van der Waals surface area contributed by atoms with Crippen LogP contribution in [0.5, 0.6) is 0 Å². The molecule has 0 aromatic carbocycles. The smallest absolute Gasteiger partial charge is 0.199 e. The Bertz CT molecular complexity index is 698. The first-order chi connectivity index (χ1) is 8.68. The first kappa shape index (κ1) is 10.7. The van der Waals surface area contributed by atoms with Crippen molar-refractivity contribution in [2.75, 3.05) is 5.73 Å². The highest BCUT2D eigenvalue weighted by Gasteiger charge is 2.20. The van der Waals surface area contributed by atoms with E-state index in [2.05, 4.69) is 38.8 Å². The van der Waals surface area contributed by atoms with Crippen molar-refractivity contribution in [1.82, 2.24) is 24.8 Å². The summed E-state index contributed by atoms with van der Waals surface area (Å²) in [5.41, 5.74) is 7.96. The molecule has 0 aliphatic heterocycles. The fourth-order valence-corrected chi connectivity index (χ4v) is 1.99. The van der Waals surface area contributed by atoms with Gasteiger partial charge in [0.15, 0.2) is 17.3 Å². The number of imidazole rings is 1. The first-order valence-electron chi connectivity index (χ1n) is 5.59. The molecule has 0 saturated heterocycles. The molecule has 0 bridgehead atoms. The van der Waals surface area contributed by atoms with Crippen molar-refractivity contribution in [3.05, 3.63) is 18.5 Å². The molecule has 0 unspecified atom stereocenters. The predicted octanol–water partition coefficient (Wildman–Crippen LogP) is 1.64. The van der Waals surface area contributed by atoms with Crippen molar-refractivity contribution in [2.45, 2.75) is 19.9 Å². The Balaban J connectivity index is 2.35. The molecule has 3 rings (SSSR count). The summed E-state index contributed by atoms with van der Waals surface area (Å²) in [4.78, 5) is 8.56. The molecule has 3 aromatic rings. The number of hydrogen-bond acceptors (Lipinski definition) is 6. The van der Waals surface area contributed by atoms with Crippen LogP contribution in [0.3, 0.4) is 0 Å². The molecule has 3 aromatic heterocycles. The van der Waals surface area contributed by atoms with Crippen LogP contribution < -0.4 is 5.73 Å². The molecule has 7 nitrogen and oxygen atoms in total. The van der Waals surface area contributed by atoms with Gasteiger partial charge < -0.3 is 10.3 Å². The second-order valence-corrected chi connectivity index (χ2v) is 4.26. The Hall–Kier alpha value is -2.44. The number of pyridine rings is 1. The summed E-state index contributed by atoms with van der Waals surface area (Å²) in [5, 5.41) is 7.40. The summed E-state index contributed by atoms with van der Waals surface area (Å²) in [7, 11) is 0. The molecule has 0 amide bonds. The lowest BCUT2D eigenvalue weighted by Gasteiger charge is -2.11. The number of anilines is 1. The molecule has 0 saturated carbocycles. The SMILES string of the molecule is CC(C)n1c(-c2nonc2N)nc2cnccc21. The van der Waals surface area contributed by atoms with Gasteiger partial charge >= 0.3 is 0 Å². The van der Waals surface area contributed by atoms with E-state index in [4.69, 9.17) is 5.73 Å². The van der Waals surface area contributed by atoms with Gasteiger partial charge in [0.2, 0.25) is 0 Å². The highest BCUT2D eigenvalue weighted by molar-refractivity contribution is 5.80. The van der Waals surface area contributed by atoms with E-state index in [9.17, 15) is 0 Å². The number of nitrogens with zero attached hydrogens (tertiary/aromatic N) is 5. The number of nitrogens with two attached hydrogens (primary N) is 1. The zero-order valence-electron chi connectivity index (χ0n) is 10.0. The van der Waals surface area contributed by atoms with Crippen LogP contribution >= 0.6 is 0 Å². The minimum Gasteiger partial charge on any atom is -0.379 e. The largest absolute Gasteiger partial charge is 0.379 e. The standard InChI is InChI=1S/C11H12N6O/c1-6(2)17-8-3-4-13-5-7(8)14-11(17)9-10(12)16-18-15-9/h3-6H,1-2H3,(H2,12,16). The van der Waals surface area contributed by atoms with Gasteiger partial charge in [-0.2, -0.15) is 0 Å². The maximum absolute atomic E-state index is 5.73. The molecule has 0 spiro atoms. The molecule has 0 fully saturated rings. The molecule has 0 atom stereocenters. The van der Waals surface area contributed by atoms with Crippen molar-refractivity contribution in [3.63, 3.8) is 0 Å². The third-order valence-corrected chi connectivity index (χ3v) is 2.73. The lowest BCUT2D eigenvalue weighted by atomic mass is 10.3. The summed E-state index contributed by atoms with van der Waals surface area (Å²) in [6.45, 7) is 4.13. The van der Waals surface area contributed by atoms with Crippen molar-refractivity contribution in [3.8, 4) is 11.5 Å². The summed E-state index contributed by atoms with van der Waals surface area (Å²) in [5.74, 6) is 0.881. The number of rotatable bonds is 2. The maximum Gasteiger partial charge on any atom is 0.199 e. The third kappa shape index (κ3) is 1.44. The average Bonchev–Trinajstić information content (AvgIpc) is 2.91. The van der Waals surface area contributed by atoms with Crippen LogP contribution in [0.4, 0.5) is 5.82 Å². The van der Waals surface area contributed by atoms with Gasteiger partial charge in [-0.05, 0) is 30.2 Å². The number of aromatic nitrogens is 5. The summed E-state index contributed by atoms with van der Waals surface area (Å²) >= 11 is 0. The van der Waals surface area contributed by atoms with E-state index in [0.717, 1.165) is 11.0 Å². The van der Waals surface area contributed by atoms with E-state index in [1.807, 2.05) is 10.6 Å². The van der Waals surface area contributed by atoms with Crippen molar-refractivity contribution >= 4 is 16.9 Å². The average molecular weight is 244 g/mol. The van der Waals surface area contributed by atoms with Crippen LogP contribution in [-0.4, -0.2) is 24.8 Å². The van der Waals surface area contributed by atoms with E-state index < -0.39 is 0 Å². The summed E-state index contributed by atoms with van der Waals surface area (Å²) < 4.78 is 6.67. The van der Waals surface area contributed by atoms with E-state index in [-0.39, 0.29) is 11.9 Å². The fraction of sp³-hybridized carbons (Fsp3) is 0.273. The summed E-state index contributed by atoms with van der Waals surface area (Å²) in [6.07, 6.45) is 3.44. The molecule has 0 radical (unpaired) electrons. The van der Waals surface area contributed by atoms with Crippen LogP contribution in [0.15, 0.2) is 23.1 Å². The van der Waals surface area contributed by atoms with Gasteiger partial charge in [0.1, 0.15) is 5.52 Å². The minimum atomic E-state index is 0.212. The normalized spacial score (nSPS) is 11.5. The number of hydrogen-bond donors (Lipinski definition) is 1. The van der Waals surface area contributed by atoms with Gasteiger partial charge in [0.05, 0.1) is 11.7 Å².